The highest BCUT2D eigenvalue weighted by Crippen LogP contribution is 2.31. The highest BCUT2D eigenvalue weighted by molar-refractivity contribution is 7.07. The van der Waals surface area contributed by atoms with Crippen LogP contribution in [0.1, 0.15) is 30.5 Å². The van der Waals surface area contributed by atoms with Crippen LogP contribution in [0, 0.1) is 0 Å². The lowest BCUT2D eigenvalue weighted by Crippen LogP contribution is -2.40. The number of halogens is 2. The topological polar surface area (TPSA) is 60.7 Å². The van der Waals surface area contributed by atoms with Crippen LogP contribution >= 0.6 is 34.5 Å². The Hall–Kier alpha value is -2.67. The Morgan fingerprint density at radius 2 is 1.94 bits per heavy atom. The second-order valence-electron chi connectivity index (χ2n) is 6.84. The van der Waals surface area contributed by atoms with E-state index in [0.29, 0.717) is 42.6 Å². The molecule has 0 bridgehead atoms. The van der Waals surface area contributed by atoms with Crippen molar-refractivity contribution in [3.05, 3.63) is 101 Å². The summed E-state index contributed by atoms with van der Waals surface area (Å²) < 4.78 is 7.05. The molecule has 158 valence electrons. The Balaban J connectivity index is 2.02. The van der Waals surface area contributed by atoms with Gasteiger partial charge in [-0.25, -0.2) is 9.79 Å². The van der Waals surface area contributed by atoms with E-state index in [1.54, 1.807) is 28.8 Å². The maximum atomic E-state index is 13.5. The van der Waals surface area contributed by atoms with Gasteiger partial charge in [-0.05, 0) is 29.7 Å². The van der Waals surface area contributed by atoms with E-state index in [-0.39, 0.29) is 5.56 Å². The number of allylic oxidation sites excluding steroid dienone is 1. The molecule has 0 saturated heterocycles. The summed E-state index contributed by atoms with van der Waals surface area (Å²) in [5, 5.41) is 0.783. The largest absolute Gasteiger partial charge is 0.466 e. The minimum atomic E-state index is -0.628. The number of carbonyl (C=O) groups is 1. The molecule has 0 spiro atoms. The number of fused-ring (bicyclic) bond motifs is 1. The first-order chi connectivity index (χ1) is 15.0. The van der Waals surface area contributed by atoms with Gasteiger partial charge in [-0.15, -0.1) is 0 Å². The van der Waals surface area contributed by atoms with E-state index in [2.05, 4.69) is 4.99 Å². The molecule has 1 aromatic heterocycles. The Kier molecular flexibility index (Phi) is 6.14. The summed E-state index contributed by atoms with van der Waals surface area (Å²) in [5.41, 5.74) is 2.16. The zero-order valence-electron chi connectivity index (χ0n) is 16.8. The van der Waals surface area contributed by atoms with Crippen molar-refractivity contribution in [2.45, 2.75) is 19.4 Å². The molecule has 1 atom stereocenters. The van der Waals surface area contributed by atoms with Crippen LogP contribution in [0.3, 0.4) is 0 Å². The molecule has 1 aliphatic heterocycles. The Morgan fingerprint density at radius 3 is 2.61 bits per heavy atom. The molecule has 0 fully saturated rings. The Bertz CT molecular complexity index is 1370. The van der Waals surface area contributed by atoms with Crippen molar-refractivity contribution in [1.82, 2.24) is 4.57 Å². The molecule has 0 aliphatic carbocycles. The molecule has 3 aromatic rings. The van der Waals surface area contributed by atoms with E-state index in [9.17, 15) is 9.59 Å². The number of methoxy groups -OCH3 is 1. The van der Waals surface area contributed by atoms with Gasteiger partial charge in [0.05, 0.1) is 39.0 Å². The van der Waals surface area contributed by atoms with Crippen LogP contribution < -0.4 is 14.9 Å². The van der Waals surface area contributed by atoms with Gasteiger partial charge in [-0.3, -0.25) is 9.36 Å². The number of thiazole rings is 1. The third-order valence-electron chi connectivity index (χ3n) is 5.03. The maximum absolute atomic E-state index is 13.5. The van der Waals surface area contributed by atoms with Gasteiger partial charge in [0.25, 0.3) is 5.56 Å². The summed E-state index contributed by atoms with van der Waals surface area (Å²) in [6.45, 7) is 1.92. The number of esters is 1. The van der Waals surface area contributed by atoms with E-state index in [1.807, 2.05) is 37.3 Å². The number of benzene rings is 2. The van der Waals surface area contributed by atoms with Crippen molar-refractivity contribution in [3.63, 3.8) is 0 Å². The molecule has 0 amide bonds. The predicted molar refractivity (Wildman–Crippen MR) is 123 cm³/mol. The molecule has 8 heteroatoms. The SMILES string of the molecule is CCC1=C(C(=O)OC)[C@H](c2ccccc2)n2c(s/c(=C/c3cccc(Cl)c3Cl)c2=O)=N1. The van der Waals surface area contributed by atoms with E-state index in [1.165, 1.54) is 18.4 Å². The van der Waals surface area contributed by atoms with Gasteiger partial charge in [-0.1, -0.05) is 83.9 Å². The molecule has 0 N–H and O–H groups in total. The zero-order chi connectivity index (χ0) is 22.1. The van der Waals surface area contributed by atoms with Crippen molar-refractivity contribution in [3.8, 4) is 0 Å². The maximum Gasteiger partial charge on any atom is 0.338 e. The van der Waals surface area contributed by atoms with Crippen LogP contribution in [0.2, 0.25) is 10.0 Å². The molecule has 5 nitrogen and oxygen atoms in total. The van der Waals surface area contributed by atoms with E-state index < -0.39 is 12.0 Å². The molecular formula is C23H18Cl2N2O3S. The number of nitrogens with zero attached hydrogens (tertiary/aromatic N) is 2. The molecular weight excluding hydrogens is 455 g/mol. The third kappa shape index (κ3) is 3.87. The van der Waals surface area contributed by atoms with Crippen molar-refractivity contribution < 1.29 is 9.53 Å². The number of ether oxygens (including phenoxy) is 1. The van der Waals surface area contributed by atoms with Crippen molar-refractivity contribution in [1.29, 1.82) is 0 Å². The van der Waals surface area contributed by atoms with Gasteiger partial charge in [0.2, 0.25) is 0 Å². The van der Waals surface area contributed by atoms with Crippen LogP contribution in [-0.4, -0.2) is 17.6 Å². The van der Waals surface area contributed by atoms with Crippen molar-refractivity contribution in [2.75, 3.05) is 7.11 Å². The molecule has 2 heterocycles. The third-order valence-corrected chi connectivity index (χ3v) is 6.85. The number of carbonyl (C=O) groups excluding carboxylic acids is 1. The average molecular weight is 473 g/mol. The summed E-state index contributed by atoms with van der Waals surface area (Å²) in [7, 11) is 1.33. The van der Waals surface area contributed by atoms with Gasteiger partial charge in [-0.2, -0.15) is 0 Å². The van der Waals surface area contributed by atoms with Crippen LogP contribution in [0.5, 0.6) is 0 Å². The molecule has 4 rings (SSSR count). The summed E-state index contributed by atoms with van der Waals surface area (Å²) in [4.78, 5) is 31.4. The lowest BCUT2D eigenvalue weighted by Gasteiger charge is -2.25. The molecule has 0 saturated carbocycles. The predicted octanol–water partition coefficient (Wildman–Crippen LogP) is 4.11. The minimum absolute atomic E-state index is 0.259. The normalized spacial score (nSPS) is 16.1. The average Bonchev–Trinajstić information content (AvgIpc) is 3.10. The van der Waals surface area contributed by atoms with Crippen LogP contribution in [0.15, 0.2) is 69.6 Å². The first-order valence-electron chi connectivity index (χ1n) is 9.58. The fourth-order valence-electron chi connectivity index (χ4n) is 3.59. The summed E-state index contributed by atoms with van der Waals surface area (Å²) in [6.07, 6.45) is 2.23. The Morgan fingerprint density at radius 1 is 1.19 bits per heavy atom. The van der Waals surface area contributed by atoms with E-state index in [0.717, 1.165) is 5.56 Å². The van der Waals surface area contributed by atoms with Gasteiger partial charge < -0.3 is 4.74 Å². The standard InChI is InChI=1S/C23H18Cl2N2O3S/c1-3-16-18(22(29)30-2)20(13-8-5-4-6-9-13)27-21(28)17(31-23(27)26-16)12-14-10-7-11-15(24)19(14)25/h4-12,20H,3H2,1-2H3/b17-12+/t20-/m0/s1. The van der Waals surface area contributed by atoms with Crippen molar-refractivity contribution >= 4 is 46.6 Å². The molecule has 0 unspecified atom stereocenters. The smallest absolute Gasteiger partial charge is 0.338 e. The lowest BCUT2D eigenvalue weighted by atomic mass is 9.95. The molecule has 0 radical (unpaired) electrons. The monoisotopic (exact) mass is 472 g/mol. The second kappa shape index (κ2) is 8.83. The highest BCUT2D eigenvalue weighted by atomic mass is 35.5. The van der Waals surface area contributed by atoms with Gasteiger partial charge in [0.15, 0.2) is 4.80 Å². The fraction of sp³-hybridized carbons (Fsp3) is 0.174. The zero-order valence-corrected chi connectivity index (χ0v) is 19.1. The molecule has 31 heavy (non-hydrogen) atoms. The summed E-state index contributed by atoms with van der Waals surface area (Å²) >= 11 is 13.7. The lowest BCUT2D eigenvalue weighted by molar-refractivity contribution is -0.136. The minimum Gasteiger partial charge on any atom is -0.466 e. The first-order valence-corrected chi connectivity index (χ1v) is 11.2. The van der Waals surface area contributed by atoms with Crippen molar-refractivity contribution in [2.24, 2.45) is 4.99 Å². The fourth-order valence-corrected chi connectivity index (χ4v) is 4.96. The number of rotatable bonds is 4. The Labute approximate surface area is 192 Å². The van der Waals surface area contributed by atoms with Gasteiger partial charge in [0.1, 0.15) is 0 Å². The van der Waals surface area contributed by atoms with Crippen LogP contribution in [-0.2, 0) is 9.53 Å². The molecule has 2 aromatic carbocycles. The quantitative estimate of drug-likeness (QED) is 0.536. The molecule has 1 aliphatic rings. The number of aromatic nitrogens is 1. The summed E-state index contributed by atoms with van der Waals surface area (Å²) in [5.74, 6) is -0.499. The van der Waals surface area contributed by atoms with Crippen LogP contribution in [0.25, 0.3) is 6.08 Å². The second-order valence-corrected chi connectivity index (χ2v) is 8.64. The van der Waals surface area contributed by atoms with Gasteiger partial charge in [0, 0.05) is 0 Å². The van der Waals surface area contributed by atoms with Crippen LogP contribution in [0.4, 0.5) is 0 Å². The summed E-state index contributed by atoms with van der Waals surface area (Å²) in [6, 6.07) is 14.0. The number of hydrogen-bond acceptors (Lipinski definition) is 5. The van der Waals surface area contributed by atoms with E-state index >= 15 is 0 Å². The number of hydrogen-bond donors (Lipinski definition) is 0. The van der Waals surface area contributed by atoms with E-state index in [4.69, 9.17) is 27.9 Å². The van der Waals surface area contributed by atoms with Gasteiger partial charge >= 0.3 is 5.97 Å². The highest BCUT2D eigenvalue weighted by Gasteiger charge is 2.33. The first kappa shape index (κ1) is 21.6.